The summed E-state index contributed by atoms with van der Waals surface area (Å²) < 4.78 is 27.9. The Morgan fingerprint density at radius 2 is 1.88 bits per heavy atom. The van der Waals surface area contributed by atoms with Crippen LogP contribution in [0.25, 0.3) is 0 Å². The second-order valence-electron chi connectivity index (χ2n) is 5.85. The molecule has 7 nitrogen and oxygen atoms in total. The zero-order chi connectivity index (χ0) is 17.4. The van der Waals surface area contributed by atoms with Crippen molar-refractivity contribution >= 4 is 11.6 Å². The summed E-state index contributed by atoms with van der Waals surface area (Å²) in [6.07, 6.45) is -4.25. The number of hydrogen-bond acceptors (Lipinski definition) is 7. The topological polar surface area (TPSA) is 90.5 Å². The molecular formula is C17H17ClO7. The molecule has 0 amide bonds. The highest BCUT2D eigenvalue weighted by Gasteiger charge is 2.50. The number of halogens is 1. The molecular weight excluding hydrogens is 352 g/mol. The fourth-order valence-corrected chi connectivity index (χ4v) is 3.09. The largest absolute Gasteiger partial charge is 0.464 e. The molecule has 2 saturated heterocycles. The summed E-state index contributed by atoms with van der Waals surface area (Å²) in [7, 11) is 0. The highest BCUT2D eigenvalue weighted by atomic mass is 35.5. The number of hydrogen-bond donors (Lipinski definition) is 2. The highest BCUT2D eigenvalue weighted by Crippen LogP contribution is 2.35. The Kier molecular flexibility index (Phi) is 4.68. The van der Waals surface area contributed by atoms with E-state index in [0.29, 0.717) is 16.5 Å². The molecule has 1 aromatic heterocycles. The maximum Gasteiger partial charge on any atom is 0.229 e. The van der Waals surface area contributed by atoms with Crippen molar-refractivity contribution in [3.63, 3.8) is 0 Å². The third-order valence-electron chi connectivity index (χ3n) is 4.19. The van der Waals surface area contributed by atoms with Crippen LogP contribution in [0.1, 0.15) is 12.1 Å². The van der Waals surface area contributed by atoms with Crippen LogP contribution in [0, 0.1) is 0 Å². The molecule has 2 aliphatic heterocycles. The minimum absolute atomic E-state index is 0.155. The molecule has 3 heterocycles. The number of ether oxygens (including phenoxy) is 4. The molecule has 0 aliphatic carbocycles. The molecule has 2 aromatic rings. The summed E-state index contributed by atoms with van der Waals surface area (Å²) in [4.78, 5) is 0. The number of fused-ring (bicyclic) bond motifs is 1. The first kappa shape index (κ1) is 16.8. The van der Waals surface area contributed by atoms with Crippen molar-refractivity contribution < 1.29 is 33.6 Å². The van der Waals surface area contributed by atoms with Crippen molar-refractivity contribution in [1.82, 2.24) is 0 Å². The lowest BCUT2D eigenvalue weighted by molar-refractivity contribution is -0.352. The van der Waals surface area contributed by atoms with Gasteiger partial charge in [0.25, 0.3) is 0 Å². The third kappa shape index (κ3) is 3.27. The molecule has 0 bridgehead atoms. The van der Waals surface area contributed by atoms with Crippen LogP contribution >= 0.6 is 11.6 Å². The number of aliphatic hydroxyl groups excluding tert-OH is 2. The fourth-order valence-electron chi connectivity index (χ4n) is 2.91. The van der Waals surface area contributed by atoms with Crippen LogP contribution in [0.15, 0.2) is 47.1 Å². The average Bonchev–Trinajstić information content (AvgIpc) is 3.16. The van der Waals surface area contributed by atoms with Crippen molar-refractivity contribution in [2.24, 2.45) is 0 Å². The maximum absolute atomic E-state index is 10.5. The van der Waals surface area contributed by atoms with Crippen LogP contribution < -0.4 is 4.74 Å². The minimum Gasteiger partial charge on any atom is -0.464 e. The van der Waals surface area contributed by atoms with E-state index < -0.39 is 37.0 Å². The maximum atomic E-state index is 10.5. The van der Waals surface area contributed by atoms with Gasteiger partial charge >= 0.3 is 0 Å². The monoisotopic (exact) mass is 368 g/mol. The number of rotatable bonds is 3. The van der Waals surface area contributed by atoms with E-state index in [9.17, 15) is 10.2 Å². The summed E-state index contributed by atoms with van der Waals surface area (Å²) >= 11 is 6.06. The molecule has 2 N–H and O–H groups in total. The summed E-state index contributed by atoms with van der Waals surface area (Å²) in [6.45, 7) is 0.155. The third-order valence-corrected chi connectivity index (χ3v) is 4.50. The van der Waals surface area contributed by atoms with Crippen molar-refractivity contribution in [2.75, 3.05) is 6.61 Å². The molecule has 0 spiro atoms. The number of furan rings is 1. The van der Waals surface area contributed by atoms with E-state index in [0.717, 1.165) is 0 Å². The van der Waals surface area contributed by atoms with Gasteiger partial charge in [-0.15, -0.1) is 0 Å². The van der Waals surface area contributed by atoms with E-state index in [1.807, 2.05) is 0 Å². The fraction of sp³-hybridized carbons (Fsp3) is 0.412. The lowest BCUT2D eigenvalue weighted by atomic mass is 9.98. The molecule has 6 atom stereocenters. The molecule has 0 radical (unpaired) electrons. The van der Waals surface area contributed by atoms with Crippen LogP contribution in [0.2, 0.25) is 5.02 Å². The van der Waals surface area contributed by atoms with Crippen molar-refractivity contribution in [3.05, 3.63) is 53.4 Å². The van der Waals surface area contributed by atoms with Gasteiger partial charge in [0.2, 0.25) is 12.6 Å². The summed E-state index contributed by atoms with van der Waals surface area (Å²) in [5.41, 5.74) is 0. The Morgan fingerprint density at radius 3 is 2.64 bits per heavy atom. The standard InChI is InChI=1S/C17H17ClO7/c18-9-4-1-2-5-10(9)23-17-14(20)13(19)15-12(24-17)8-22-16(25-15)11-6-3-7-21-11/h1-7,12-17,19-20H,8H2. The van der Waals surface area contributed by atoms with Gasteiger partial charge < -0.3 is 33.6 Å². The van der Waals surface area contributed by atoms with Gasteiger partial charge in [-0.05, 0) is 24.3 Å². The molecule has 8 heteroatoms. The molecule has 0 saturated carbocycles. The Morgan fingerprint density at radius 1 is 1.04 bits per heavy atom. The van der Waals surface area contributed by atoms with Gasteiger partial charge in [0, 0.05) is 0 Å². The first-order valence-electron chi connectivity index (χ1n) is 7.87. The van der Waals surface area contributed by atoms with Gasteiger partial charge in [-0.2, -0.15) is 0 Å². The Balaban J connectivity index is 1.47. The lowest BCUT2D eigenvalue weighted by Gasteiger charge is -2.45. The summed E-state index contributed by atoms with van der Waals surface area (Å²) in [6, 6.07) is 10.2. The van der Waals surface area contributed by atoms with Crippen LogP contribution in [-0.4, -0.2) is 47.5 Å². The zero-order valence-corrected chi connectivity index (χ0v) is 13.8. The molecule has 6 unspecified atom stereocenters. The Hall–Kier alpha value is -1.61. The minimum atomic E-state index is -1.31. The van der Waals surface area contributed by atoms with Gasteiger partial charge in [-0.3, -0.25) is 0 Å². The molecule has 25 heavy (non-hydrogen) atoms. The number of aliphatic hydroxyl groups is 2. The second kappa shape index (κ2) is 6.95. The van der Waals surface area contributed by atoms with Crippen molar-refractivity contribution in [3.8, 4) is 5.75 Å². The van der Waals surface area contributed by atoms with Gasteiger partial charge in [-0.1, -0.05) is 23.7 Å². The van der Waals surface area contributed by atoms with Gasteiger partial charge in [0.1, 0.15) is 30.2 Å². The Bertz CT molecular complexity index is 705. The normalized spacial score (nSPS) is 35.2. The van der Waals surface area contributed by atoms with Crippen LogP contribution in [0.5, 0.6) is 5.75 Å². The lowest BCUT2D eigenvalue weighted by Crippen LogP contribution is -2.62. The predicted molar refractivity (Wildman–Crippen MR) is 85.0 cm³/mol. The summed E-state index contributed by atoms with van der Waals surface area (Å²) in [5, 5.41) is 21.2. The van der Waals surface area contributed by atoms with Crippen molar-refractivity contribution in [1.29, 1.82) is 0 Å². The van der Waals surface area contributed by atoms with Crippen LogP contribution in [0.3, 0.4) is 0 Å². The second-order valence-corrected chi connectivity index (χ2v) is 6.26. The molecule has 134 valence electrons. The van der Waals surface area contributed by atoms with E-state index in [2.05, 4.69) is 0 Å². The van der Waals surface area contributed by atoms with Gasteiger partial charge in [0.15, 0.2) is 5.76 Å². The molecule has 2 aliphatic rings. The molecule has 4 rings (SSSR count). The Labute approximate surface area is 148 Å². The zero-order valence-electron chi connectivity index (χ0n) is 13.0. The molecule has 2 fully saturated rings. The van der Waals surface area contributed by atoms with Gasteiger partial charge in [-0.25, -0.2) is 0 Å². The van der Waals surface area contributed by atoms with Gasteiger partial charge in [0.05, 0.1) is 17.9 Å². The van der Waals surface area contributed by atoms with Crippen LogP contribution in [-0.2, 0) is 14.2 Å². The van der Waals surface area contributed by atoms with E-state index in [1.54, 1.807) is 36.4 Å². The van der Waals surface area contributed by atoms with E-state index in [4.69, 9.17) is 35.0 Å². The van der Waals surface area contributed by atoms with E-state index >= 15 is 0 Å². The average molecular weight is 369 g/mol. The van der Waals surface area contributed by atoms with E-state index in [1.165, 1.54) is 6.26 Å². The van der Waals surface area contributed by atoms with E-state index in [-0.39, 0.29) is 6.61 Å². The smallest absolute Gasteiger partial charge is 0.229 e. The molecule has 1 aromatic carbocycles. The number of benzene rings is 1. The SMILES string of the molecule is OC1C(Oc2ccccc2Cl)OC2COC(c3ccco3)OC2C1O. The van der Waals surface area contributed by atoms with Crippen LogP contribution in [0.4, 0.5) is 0 Å². The first-order valence-corrected chi connectivity index (χ1v) is 8.24. The summed E-state index contributed by atoms with van der Waals surface area (Å²) in [5.74, 6) is 0.833. The highest BCUT2D eigenvalue weighted by molar-refractivity contribution is 6.32. The quantitative estimate of drug-likeness (QED) is 0.854. The number of para-hydroxylation sites is 1. The van der Waals surface area contributed by atoms with Crippen molar-refractivity contribution in [2.45, 2.75) is 37.0 Å². The predicted octanol–water partition coefficient (Wildman–Crippen LogP) is 1.87. The first-order chi connectivity index (χ1) is 12.1.